The first-order chi connectivity index (χ1) is 13.7. The van der Waals surface area contributed by atoms with Gasteiger partial charge in [0.2, 0.25) is 0 Å². The molecule has 0 N–H and O–H groups in total. The van der Waals surface area contributed by atoms with Crippen LogP contribution in [0.3, 0.4) is 0 Å². The molecule has 0 unspecified atom stereocenters. The molecule has 1 aromatic carbocycles. The van der Waals surface area contributed by atoms with Gasteiger partial charge in [-0.3, -0.25) is 4.79 Å². The Morgan fingerprint density at radius 2 is 1.55 bits per heavy atom. The lowest BCUT2D eigenvalue weighted by molar-refractivity contribution is -0.140. The first-order valence-corrected chi connectivity index (χ1v) is 10.7. The van der Waals surface area contributed by atoms with Gasteiger partial charge < -0.3 is 18.8 Å². The Bertz CT molecular complexity index is 625. The van der Waals surface area contributed by atoms with Gasteiger partial charge in [0.25, 0.3) is 0 Å². The topological polar surface area (TPSA) is 54.0 Å². The third-order valence-electron chi connectivity index (χ3n) is 6.29. The second-order valence-electron chi connectivity index (χ2n) is 8.95. The van der Waals surface area contributed by atoms with Crippen LogP contribution in [0.15, 0.2) is 24.3 Å². The van der Waals surface area contributed by atoms with Crippen molar-refractivity contribution in [2.45, 2.75) is 89.7 Å². The summed E-state index contributed by atoms with van der Waals surface area (Å²) in [7, 11) is 2.92. The van der Waals surface area contributed by atoms with Gasteiger partial charge in [0.05, 0.1) is 25.4 Å². The third kappa shape index (κ3) is 6.75. The molecule has 6 heteroatoms. The summed E-state index contributed by atoms with van der Waals surface area (Å²) in [5.74, 6) is 1.05. The van der Waals surface area contributed by atoms with Gasteiger partial charge in [-0.05, 0) is 70.5 Å². The highest BCUT2D eigenvalue weighted by Crippen LogP contribution is 2.42. The SMILES string of the molecule is COC(=O)CCCC[C@@H](CCCc1ccc(OC)cc1)B1OC(C)(C)C(C)(C)O1. The van der Waals surface area contributed by atoms with Crippen LogP contribution in [0.25, 0.3) is 0 Å². The van der Waals surface area contributed by atoms with E-state index in [1.807, 2.05) is 12.1 Å². The van der Waals surface area contributed by atoms with Gasteiger partial charge in [0.1, 0.15) is 5.75 Å². The minimum absolute atomic E-state index is 0.142. The Morgan fingerprint density at radius 3 is 2.10 bits per heavy atom. The lowest BCUT2D eigenvalue weighted by Crippen LogP contribution is -2.41. The van der Waals surface area contributed by atoms with E-state index in [9.17, 15) is 4.79 Å². The molecule has 162 valence electrons. The lowest BCUT2D eigenvalue weighted by Gasteiger charge is -2.32. The molecular formula is C23H37BO5. The molecule has 1 fully saturated rings. The fraction of sp³-hybridized carbons (Fsp3) is 0.696. The number of ether oxygens (including phenoxy) is 2. The molecule has 1 aromatic rings. The molecule has 0 radical (unpaired) electrons. The van der Waals surface area contributed by atoms with E-state index in [0.717, 1.165) is 44.3 Å². The van der Waals surface area contributed by atoms with Crippen molar-refractivity contribution in [3.05, 3.63) is 29.8 Å². The molecule has 1 aliphatic rings. The van der Waals surface area contributed by atoms with Crippen LogP contribution in [0.5, 0.6) is 5.75 Å². The van der Waals surface area contributed by atoms with Gasteiger partial charge in [-0.15, -0.1) is 0 Å². The zero-order valence-electron chi connectivity index (χ0n) is 19.0. The second-order valence-corrected chi connectivity index (χ2v) is 8.95. The standard InChI is InChI=1S/C23H37BO5/c1-22(2)23(3,4)29-24(28-22)19(11-7-8-13-21(25)27-6)12-9-10-18-14-16-20(26-5)17-15-18/h14-17,19H,7-13H2,1-6H3/t19-/m0/s1. The lowest BCUT2D eigenvalue weighted by atomic mass is 9.66. The van der Waals surface area contributed by atoms with Crippen molar-refractivity contribution in [3.8, 4) is 5.75 Å². The number of hydrogen-bond acceptors (Lipinski definition) is 5. The molecule has 0 amide bonds. The molecule has 0 aliphatic carbocycles. The van der Waals surface area contributed by atoms with Crippen LogP contribution in [0, 0.1) is 0 Å². The highest BCUT2D eigenvalue weighted by Gasteiger charge is 2.53. The fourth-order valence-electron chi connectivity index (χ4n) is 3.64. The van der Waals surface area contributed by atoms with E-state index in [4.69, 9.17) is 18.8 Å². The van der Waals surface area contributed by atoms with Crippen LogP contribution in [-0.2, 0) is 25.3 Å². The number of carbonyl (C=O) groups is 1. The highest BCUT2D eigenvalue weighted by atomic mass is 16.7. The minimum Gasteiger partial charge on any atom is -0.497 e. The van der Waals surface area contributed by atoms with Crippen LogP contribution >= 0.6 is 0 Å². The van der Waals surface area contributed by atoms with Gasteiger partial charge >= 0.3 is 13.1 Å². The summed E-state index contributed by atoms with van der Waals surface area (Å²) in [6.07, 6.45) is 6.36. The number of esters is 1. The number of unbranched alkanes of at least 4 members (excludes halogenated alkanes) is 1. The van der Waals surface area contributed by atoms with Crippen molar-refractivity contribution in [1.29, 1.82) is 0 Å². The van der Waals surface area contributed by atoms with Crippen molar-refractivity contribution in [2.75, 3.05) is 14.2 Å². The smallest absolute Gasteiger partial charge is 0.461 e. The van der Waals surface area contributed by atoms with Crippen molar-refractivity contribution < 1.29 is 23.6 Å². The summed E-state index contributed by atoms with van der Waals surface area (Å²) in [5.41, 5.74) is 0.666. The molecule has 5 nitrogen and oxygen atoms in total. The van der Waals surface area contributed by atoms with Crippen LogP contribution in [0.4, 0.5) is 0 Å². The zero-order chi connectivity index (χ0) is 21.5. The first-order valence-electron chi connectivity index (χ1n) is 10.7. The van der Waals surface area contributed by atoms with Crippen molar-refractivity contribution in [2.24, 2.45) is 0 Å². The second kappa shape index (κ2) is 10.5. The molecule has 1 aliphatic heterocycles. The Kier molecular flexibility index (Phi) is 8.59. The number of aryl methyl sites for hydroxylation is 1. The normalized spacial score (nSPS) is 18.5. The number of carbonyl (C=O) groups excluding carboxylic acids is 1. The maximum absolute atomic E-state index is 11.4. The molecule has 1 heterocycles. The quantitative estimate of drug-likeness (QED) is 0.288. The predicted octanol–water partition coefficient (Wildman–Crippen LogP) is 5.21. The van der Waals surface area contributed by atoms with Gasteiger partial charge in [-0.25, -0.2) is 0 Å². The molecular weight excluding hydrogens is 367 g/mol. The van der Waals surface area contributed by atoms with Gasteiger partial charge in [0, 0.05) is 6.42 Å². The number of hydrogen-bond donors (Lipinski definition) is 0. The average molecular weight is 404 g/mol. The summed E-state index contributed by atoms with van der Waals surface area (Å²) in [4.78, 5) is 11.4. The molecule has 0 spiro atoms. The Balaban J connectivity index is 1.91. The monoisotopic (exact) mass is 404 g/mol. The van der Waals surface area contributed by atoms with Crippen molar-refractivity contribution >= 4 is 13.1 Å². The minimum atomic E-state index is -0.322. The van der Waals surface area contributed by atoms with E-state index in [1.54, 1.807) is 7.11 Å². The van der Waals surface area contributed by atoms with E-state index < -0.39 is 0 Å². The molecule has 2 rings (SSSR count). The summed E-state index contributed by atoms with van der Waals surface area (Å²) in [6, 6.07) is 8.26. The Morgan fingerprint density at radius 1 is 0.966 bits per heavy atom. The Labute approximate surface area is 176 Å². The summed E-state index contributed by atoms with van der Waals surface area (Å²) < 4.78 is 22.6. The molecule has 0 bridgehead atoms. The number of methoxy groups -OCH3 is 2. The molecule has 1 atom stereocenters. The van der Waals surface area contributed by atoms with E-state index in [0.29, 0.717) is 12.2 Å². The molecule has 29 heavy (non-hydrogen) atoms. The van der Waals surface area contributed by atoms with Gasteiger partial charge in [0.15, 0.2) is 0 Å². The average Bonchev–Trinajstić information content (AvgIpc) is 2.91. The number of rotatable bonds is 11. The van der Waals surface area contributed by atoms with Crippen LogP contribution in [0.1, 0.15) is 71.8 Å². The molecule has 0 saturated carbocycles. The number of benzene rings is 1. The van der Waals surface area contributed by atoms with E-state index in [1.165, 1.54) is 12.7 Å². The van der Waals surface area contributed by atoms with Crippen LogP contribution < -0.4 is 4.74 Å². The zero-order valence-corrected chi connectivity index (χ0v) is 19.0. The van der Waals surface area contributed by atoms with E-state index in [2.05, 4.69) is 39.8 Å². The summed E-state index contributed by atoms with van der Waals surface area (Å²) >= 11 is 0. The highest BCUT2D eigenvalue weighted by molar-refractivity contribution is 6.47. The fourth-order valence-corrected chi connectivity index (χ4v) is 3.64. The van der Waals surface area contributed by atoms with E-state index in [-0.39, 0.29) is 24.3 Å². The summed E-state index contributed by atoms with van der Waals surface area (Å²) in [6.45, 7) is 8.38. The predicted molar refractivity (Wildman–Crippen MR) is 116 cm³/mol. The van der Waals surface area contributed by atoms with Crippen LogP contribution in [-0.4, -0.2) is 38.5 Å². The first kappa shape index (κ1) is 23.8. The summed E-state index contributed by atoms with van der Waals surface area (Å²) in [5, 5.41) is 0. The molecule has 1 saturated heterocycles. The Hall–Kier alpha value is -1.53. The van der Waals surface area contributed by atoms with Crippen LogP contribution in [0.2, 0.25) is 5.82 Å². The van der Waals surface area contributed by atoms with E-state index >= 15 is 0 Å². The largest absolute Gasteiger partial charge is 0.497 e. The maximum atomic E-state index is 11.4. The van der Waals surface area contributed by atoms with Crippen molar-refractivity contribution in [3.63, 3.8) is 0 Å². The molecule has 0 aromatic heterocycles. The maximum Gasteiger partial charge on any atom is 0.461 e. The van der Waals surface area contributed by atoms with Gasteiger partial charge in [-0.2, -0.15) is 0 Å². The van der Waals surface area contributed by atoms with Gasteiger partial charge in [-0.1, -0.05) is 31.4 Å². The van der Waals surface area contributed by atoms with Crippen molar-refractivity contribution in [1.82, 2.24) is 0 Å². The third-order valence-corrected chi connectivity index (χ3v) is 6.29.